The molecule has 0 heterocycles. The zero-order chi connectivity index (χ0) is 33.1. The van der Waals surface area contributed by atoms with Crippen LogP contribution in [0.25, 0.3) is 55.9 Å². The molecule has 0 unspecified atom stereocenters. The summed E-state index contributed by atoms with van der Waals surface area (Å²) in [5.74, 6) is 0. The van der Waals surface area contributed by atoms with Gasteiger partial charge in [0.15, 0.2) is 0 Å². The molecule has 1 nitrogen and oxygen atoms in total. The highest BCUT2D eigenvalue weighted by atomic mass is 14.7. The first-order chi connectivity index (χ1) is 24.2. The molecule has 3 aliphatic rings. The van der Waals surface area contributed by atoms with Crippen molar-refractivity contribution in [3.8, 4) is 33.4 Å². The molecule has 0 aliphatic heterocycles. The van der Waals surface area contributed by atoms with Gasteiger partial charge in [-0.05, 0) is 128 Å². The van der Waals surface area contributed by atoms with E-state index in [0.29, 0.717) is 0 Å². The highest BCUT2D eigenvalue weighted by molar-refractivity contribution is 6.06. The summed E-state index contributed by atoms with van der Waals surface area (Å²) in [6.45, 7) is 9.79. The Morgan fingerprint density at radius 3 is 2.22 bits per heavy atom. The summed E-state index contributed by atoms with van der Waals surface area (Å²) in [7, 11) is 0. The van der Waals surface area contributed by atoms with E-state index < -0.39 is 0 Å². The zero-order valence-electron chi connectivity index (χ0n) is 27.8. The highest BCUT2D eigenvalue weighted by Gasteiger charge is 2.53. The number of hydrogen-bond acceptors (Lipinski definition) is 1. The van der Waals surface area contributed by atoms with Gasteiger partial charge in [-0.3, -0.25) is 4.99 Å². The fourth-order valence-corrected chi connectivity index (χ4v) is 8.81. The van der Waals surface area contributed by atoms with E-state index in [1.54, 1.807) is 0 Å². The number of aliphatic imine (C=N–C) groups is 1. The maximum atomic E-state index is 4.33. The van der Waals surface area contributed by atoms with Gasteiger partial charge in [-0.1, -0.05) is 146 Å². The number of hydrogen-bond donors (Lipinski definition) is 0. The van der Waals surface area contributed by atoms with Gasteiger partial charge in [0.05, 0.1) is 11.1 Å². The van der Waals surface area contributed by atoms with Gasteiger partial charge in [0.2, 0.25) is 0 Å². The van der Waals surface area contributed by atoms with E-state index in [4.69, 9.17) is 0 Å². The fraction of sp³-hybridized carbons (Fsp3) is 0.104. The van der Waals surface area contributed by atoms with Crippen LogP contribution in [0.3, 0.4) is 0 Å². The molecule has 0 atom stereocenters. The molecule has 9 rings (SSSR count). The van der Waals surface area contributed by atoms with Crippen LogP contribution in [0.5, 0.6) is 0 Å². The van der Waals surface area contributed by atoms with E-state index >= 15 is 0 Å². The SMILES string of the molecule is C=C/C(=C\C)C/C=C(\N=C)c1ccc(-c2ccc3c4c(ccc3c2)-c2c(ccc3c2C=CCC3)C42c3ccccc3-c3ccccc32)cc1. The summed E-state index contributed by atoms with van der Waals surface area (Å²) in [6, 6.07) is 43.5. The molecule has 0 amide bonds. The third-order valence-electron chi connectivity index (χ3n) is 11.1. The number of aryl methyl sites for hydroxylation is 1. The number of allylic oxidation sites excluding steroid dienone is 5. The van der Waals surface area contributed by atoms with Gasteiger partial charge >= 0.3 is 0 Å². The van der Waals surface area contributed by atoms with Gasteiger partial charge in [0.1, 0.15) is 0 Å². The van der Waals surface area contributed by atoms with Gasteiger partial charge in [-0.15, -0.1) is 0 Å². The van der Waals surface area contributed by atoms with Crippen LogP contribution in [0.1, 0.15) is 58.7 Å². The topological polar surface area (TPSA) is 12.4 Å². The third kappa shape index (κ3) is 4.22. The average Bonchev–Trinajstić information content (AvgIpc) is 3.64. The van der Waals surface area contributed by atoms with Crippen LogP contribution in [0.4, 0.5) is 0 Å². The minimum Gasteiger partial charge on any atom is -0.264 e. The predicted octanol–water partition coefficient (Wildman–Crippen LogP) is 12.4. The predicted molar refractivity (Wildman–Crippen MR) is 209 cm³/mol. The van der Waals surface area contributed by atoms with E-state index in [2.05, 4.69) is 158 Å². The summed E-state index contributed by atoms with van der Waals surface area (Å²) in [5.41, 5.74) is 19.0. The molecule has 6 aromatic rings. The smallest absolute Gasteiger partial charge is 0.0731 e. The molecule has 0 aromatic heterocycles. The minimum absolute atomic E-state index is 0.375. The lowest BCUT2D eigenvalue weighted by atomic mass is 9.69. The molecule has 0 fully saturated rings. The summed E-state index contributed by atoms with van der Waals surface area (Å²) < 4.78 is 0. The lowest BCUT2D eigenvalue weighted by molar-refractivity contribution is 0.800. The Bertz CT molecular complexity index is 2400. The minimum atomic E-state index is -0.375. The van der Waals surface area contributed by atoms with Crippen molar-refractivity contribution in [1.82, 2.24) is 0 Å². The summed E-state index contributed by atoms with van der Waals surface area (Å²) in [4.78, 5) is 4.33. The largest absolute Gasteiger partial charge is 0.264 e. The number of rotatable bonds is 6. The van der Waals surface area contributed by atoms with E-state index in [1.807, 2.05) is 13.0 Å². The molecule has 6 aromatic carbocycles. The van der Waals surface area contributed by atoms with Crippen molar-refractivity contribution in [3.05, 3.63) is 191 Å². The summed E-state index contributed by atoms with van der Waals surface area (Å²) in [5, 5.41) is 2.58. The van der Waals surface area contributed by atoms with Crippen LogP contribution in [0.2, 0.25) is 0 Å². The summed E-state index contributed by atoms with van der Waals surface area (Å²) in [6.07, 6.45) is 13.8. The van der Waals surface area contributed by atoms with E-state index in [9.17, 15) is 0 Å². The Morgan fingerprint density at radius 2 is 1.51 bits per heavy atom. The third-order valence-corrected chi connectivity index (χ3v) is 11.1. The highest BCUT2D eigenvalue weighted by Crippen LogP contribution is 2.65. The molecule has 0 bridgehead atoms. The number of benzene rings is 6. The molecule has 1 spiro atoms. The number of nitrogens with zero attached hydrogens (tertiary/aromatic N) is 1. The first-order valence-corrected chi connectivity index (χ1v) is 17.3. The quantitative estimate of drug-likeness (QED) is 0.128. The Morgan fingerprint density at radius 1 is 0.776 bits per heavy atom. The second-order valence-corrected chi connectivity index (χ2v) is 13.4. The molecule has 234 valence electrons. The molecular formula is C48H37N. The Hall–Kier alpha value is -5.79. The van der Waals surface area contributed by atoms with Gasteiger partial charge in [-0.25, -0.2) is 0 Å². The summed E-state index contributed by atoms with van der Waals surface area (Å²) >= 11 is 0. The molecule has 0 saturated carbocycles. The van der Waals surface area contributed by atoms with Crippen LogP contribution in [0, 0.1) is 0 Å². The van der Waals surface area contributed by atoms with Crippen molar-refractivity contribution in [2.75, 3.05) is 0 Å². The number of fused-ring (bicyclic) bond motifs is 14. The van der Waals surface area contributed by atoms with E-state index in [1.165, 1.54) is 83.1 Å². The van der Waals surface area contributed by atoms with Gasteiger partial charge in [0.25, 0.3) is 0 Å². The molecule has 3 aliphatic carbocycles. The lowest BCUT2D eigenvalue weighted by Crippen LogP contribution is -2.26. The fourth-order valence-electron chi connectivity index (χ4n) is 8.81. The molecule has 0 saturated heterocycles. The van der Waals surface area contributed by atoms with Crippen molar-refractivity contribution in [2.45, 2.75) is 31.6 Å². The zero-order valence-corrected chi connectivity index (χ0v) is 27.8. The molecule has 1 heteroatoms. The van der Waals surface area contributed by atoms with Crippen molar-refractivity contribution in [3.63, 3.8) is 0 Å². The second-order valence-electron chi connectivity index (χ2n) is 13.4. The van der Waals surface area contributed by atoms with Gasteiger partial charge in [-0.2, -0.15) is 0 Å². The molecular weight excluding hydrogens is 591 g/mol. The van der Waals surface area contributed by atoms with Crippen LogP contribution in [0.15, 0.2) is 157 Å². The van der Waals surface area contributed by atoms with Crippen molar-refractivity contribution >= 4 is 29.3 Å². The monoisotopic (exact) mass is 627 g/mol. The average molecular weight is 628 g/mol. The standard InChI is InChI=1S/C48H37N/c1-4-31(5-2)18-29-45(49-3)34-21-19-32(20-22-34)35-23-26-38-36(30-35)24-27-41-46-37-13-7-6-12-33(37)25-28-44(46)48(47(38)41)42-16-10-8-14-39(42)40-15-9-11-17-43(40)48/h4-5,7-11,13-17,19-30H,1,3,6,12,18H2,2H3/b31-5+,45-29-. The second kappa shape index (κ2) is 11.4. The van der Waals surface area contributed by atoms with Crippen LogP contribution in [-0.2, 0) is 11.8 Å². The van der Waals surface area contributed by atoms with Crippen LogP contribution < -0.4 is 0 Å². The first kappa shape index (κ1) is 29.4. The van der Waals surface area contributed by atoms with Crippen molar-refractivity contribution in [1.29, 1.82) is 0 Å². The Balaban J connectivity index is 1.23. The lowest BCUT2D eigenvalue weighted by Gasteiger charge is -2.32. The normalized spacial score (nSPS) is 15.0. The van der Waals surface area contributed by atoms with Crippen molar-refractivity contribution < 1.29 is 0 Å². The Kier molecular flexibility index (Phi) is 6.84. The van der Waals surface area contributed by atoms with Gasteiger partial charge in [0, 0.05) is 0 Å². The van der Waals surface area contributed by atoms with E-state index in [-0.39, 0.29) is 5.41 Å². The van der Waals surface area contributed by atoms with Crippen LogP contribution >= 0.6 is 0 Å². The van der Waals surface area contributed by atoms with Crippen molar-refractivity contribution in [2.24, 2.45) is 4.99 Å². The first-order valence-electron chi connectivity index (χ1n) is 17.3. The van der Waals surface area contributed by atoms with Crippen LogP contribution in [-0.4, -0.2) is 6.72 Å². The molecule has 0 radical (unpaired) electrons. The Labute approximate surface area is 289 Å². The molecule has 0 N–H and O–H groups in total. The maximum Gasteiger partial charge on any atom is 0.0731 e. The van der Waals surface area contributed by atoms with E-state index in [0.717, 1.165) is 30.5 Å². The van der Waals surface area contributed by atoms with Gasteiger partial charge < -0.3 is 0 Å². The maximum absolute atomic E-state index is 4.33. The molecule has 49 heavy (non-hydrogen) atoms.